The molecule has 1 saturated heterocycles. The molecular formula is C17H30O4. The molecule has 1 heterocycles. The van der Waals surface area contributed by atoms with Crippen LogP contribution in [0.3, 0.4) is 0 Å². The molecule has 0 aromatic heterocycles. The second-order valence-corrected chi connectivity index (χ2v) is 5.58. The smallest absolute Gasteiger partial charge is 0.202 e. The first kappa shape index (κ1) is 18.2. The molecule has 3 rings (SSSR count). The number of hydrogen-bond donors (Lipinski definition) is 1. The van der Waals surface area contributed by atoms with Crippen molar-refractivity contribution in [1.82, 2.24) is 0 Å². The third kappa shape index (κ3) is 3.32. The Morgan fingerprint density at radius 3 is 2.29 bits per heavy atom. The first-order valence-corrected chi connectivity index (χ1v) is 8.28. The summed E-state index contributed by atoms with van der Waals surface area (Å²) < 4.78 is 11.4. The molecule has 4 nitrogen and oxygen atoms in total. The Labute approximate surface area is 128 Å². The van der Waals surface area contributed by atoms with Gasteiger partial charge in [0.25, 0.3) is 0 Å². The van der Waals surface area contributed by atoms with Gasteiger partial charge in [-0.1, -0.05) is 34.6 Å². The molecule has 21 heavy (non-hydrogen) atoms. The molecule has 0 bridgehead atoms. The second kappa shape index (κ2) is 7.41. The van der Waals surface area contributed by atoms with Crippen LogP contribution in [0, 0.1) is 11.3 Å². The van der Waals surface area contributed by atoms with Gasteiger partial charge in [-0.05, 0) is 24.8 Å². The van der Waals surface area contributed by atoms with Crippen LogP contribution in [0.1, 0.15) is 60.3 Å². The summed E-state index contributed by atoms with van der Waals surface area (Å²) in [6.45, 7) is 11.3. The standard InChI is InChI=1S/C13H18O4.2C2H6/c1-12-4-5-13(16-6-7-17-13)8-9(12)2-3-10(14)11(12)15;2*1-2/h3,9,14H,2,4-8H2,1H3;2*1-2H3/t9?,12-;;/m0../s1. The number of hydrogen-bond acceptors (Lipinski definition) is 4. The molecule has 2 atom stereocenters. The zero-order chi connectivity index (χ0) is 16.1. The Morgan fingerprint density at radius 1 is 1.14 bits per heavy atom. The van der Waals surface area contributed by atoms with Gasteiger partial charge < -0.3 is 14.6 Å². The minimum atomic E-state index is -0.453. The van der Waals surface area contributed by atoms with Crippen molar-refractivity contribution in [1.29, 1.82) is 0 Å². The van der Waals surface area contributed by atoms with E-state index in [2.05, 4.69) is 0 Å². The molecule has 1 saturated carbocycles. The topological polar surface area (TPSA) is 55.8 Å². The maximum atomic E-state index is 12.1. The lowest BCUT2D eigenvalue weighted by Crippen LogP contribution is -2.50. The van der Waals surface area contributed by atoms with Crippen molar-refractivity contribution < 1.29 is 19.4 Å². The van der Waals surface area contributed by atoms with Gasteiger partial charge >= 0.3 is 0 Å². The van der Waals surface area contributed by atoms with Crippen molar-refractivity contribution in [2.75, 3.05) is 13.2 Å². The summed E-state index contributed by atoms with van der Waals surface area (Å²) in [6, 6.07) is 0. The summed E-state index contributed by atoms with van der Waals surface area (Å²) in [5.41, 5.74) is -0.431. The summed E-state index contributed by atoms with van der Waals surface area (Å²) >= 11 is 0. The van der Waals surface area contributed by atoms with E-state index < -0.39 is 11.2 Å². The van der Waals surface area contributed by atoms with Crippen molar-refractivity contribution in [2.24, 2.45) is 11.3 Å². The first-order chi connectivity index (χ1) is 10.1. The van der Waals surface area contributed by atoms with E-state index in [9.17, 15) is 9.90 Å². The number of carbonyl (C=O) groups excluding carboxylic acids is 1. The number of allylic oxidation sites excluding steroid dienone is 2. The average Bonchev–Trinajstić information content (AvgIpc) is 2.98. The van der Waals surface area contributed by atoms with Gasteiger partial charge in [0.2, 0.25) is 5.78 Å². The van der Waals surface area contributed by atoms with Crippen LogP contribution in [0.4, 0.5) is 0 Å². The number of fused-ring (bicyclic) bond motifs is 1. The fourth-order valence-electron chi connectivity index (χ4n) is 3.40. The van der Waals surface area contributed by atoms with Gasteiger partial charge in [0, 0.05) is 18.3 Å². The lowest BCUT2D eigenvalue weighted by atomic mass is 9.60. The van der Waals surface area contributed by atoms with Crippen LogP contribution >= 0.6 is 0 Å². The molecule has 0 aromatic rings. The van der Waals surface area contributed by atoms with Gasteiger partial charge in [0.1, 0.15) is 0 Å². The minimum Gasteiger partial charge on any atom is -0.505 e. The van der Waals surface area contributed by atoms with Crippen LogP contribution in [0.15, 0.2) is 11.8 Å². The van der Waals surface area contributed by atoms with Crippen LogP contribution < -0.4 is 0 Å². The van der Waals surface area contributed by atoms with Gasteiger partial charge in [0.15, 0.2) is 11.5 Å². The molecular weight excluding hydrogens is 268 g/mol. The molecule has 1 unspecified atom stereocenters. The maximum Gasteiger partial charge on any atom is 0.202 e. The number of ketones is 1. The monoisotopic (exact) mass is 298 g/mol. The van der Waals surface area contributed by atoms with Crippen LogP contribution in [-0.2, 0) is 14.3 Å². The normalized spacial score (nSPS) is 33.1. The van der Waals surface area contributed by atoms with Crippen molar-refractivity contribution in [2.45, 2.75) is 66.1 Å². The zero-order valence-electron chi connectivity index (χ0n) is 14.1. The van der Waals surface area contributed by atoms with E-state index in [1.165, 1.54) is 0 Å². The zero-order valence-corrected chi connectivity index (χ0v) is 14.1. The molecule has 2 aliphatic carbocycles. The number of carbonyl (C=O) groups is 1. The third-order valence-corrected chi connectivity index (χ3v) is 4.64. The van der Waals surface area contributed by atoms with E-state index >= 15 is 0 Å². The Hall–Kier alpha value is -0.870. The van der Waals surface area contributed by atoms with Gasteiger partial charge in [-0.15, -0.1) is 0 Å². The Morgan fingerprint density at radius 2 is 1.71 bits per heavy atom. The fourth-order valence-corrected chi connectivity index (χ4v) is 3.40. The summed E-state index contributed by atoms with van der Waals surface area (Å²) in [6.07, 6.45) is 4.62. The molecule has 122 valence electrons. The fraction of sp³-hybridized carbons (Fsp3) is 0.824. The van der Waals surface area contributed by atoms with Crippen LogP contribution in [0.2, 0.25) is 0 Å². The maximum absolute atomic E-state index is 12.1. The number of aliphatic hydroxyl groups is 1. The summed E-state index contributed by atoms with van der Waals surface area (Å²) in [7, 11) is 0. The molecule has 1 N–H and O–H groups in total. The van der Waals surface area contributed by atoms with E-state index in [-0.39, 0.29) is 17.5 Å². The number of Topliss-reactive ketones (excluding diaryl/α,β-unsaturated/α-hetero) is 1. The van der Waals surface area contributed by atoms with Crippen LogP contribution in [-0.4, -0.2) is 29.9 Å². The molecule has 4 heteroatoms. The predicted molar refractivity (Wildman–Crippen MR) is 83.1 cm³/mol. The van der Waals surface area contributed by atoms with Crippen molar-refractivity contribution in [3.63, 3.8) is 0 Å². The van der Waals surface area contributed by atoms with Gasteiger partial charge in [-0.2, -0.15) is 0 Å². The summed E-state index contributed by atoms with van der Waals surface area (Å²) in [5, 5.41) is 9.59. The van der Waals surface area contributed by atoms with Crippen molar-refractivity contribution in [3.8, 4) is 0 Å². The lowest BCUT2D eigenvalue weighted by molar-refractivity contribution is -0.206. The molecule has 0 amide bonds. The highest BCUT2D eigenvalue weighted by Crippen LogP contribution is 2.52. The van der Waals surface area contributed by atoms with Crippen LogP contribution in [0.5, 0.6) is 0 Å². The summed E-state index contributed by atoms with van der Waals surface area (Å²) in [5.74, 6) is -0.405. The minimum absolute atomic E-state index is 0.0621. The van der Waals surface area contributed by atoms with E-state index in [1.807, 2.05) is 34.6 Å². The average molecular weight is 298 g/mol. The summed E-state index contributed by atoms with van der Waals surface area (Å²) in [4.78, 5) is 12.1. The SMILES string of the molecule is CC.CC.C[C@]12CCC3(CC1CC=C(O)C2=O)OCCO3. The number of ether oxygens (including phenoxy) is 2. The highest BCUT2D eigenvalue weighted by molar-refractivity contribution is 5.98. The molecule has 1 spiro atoms. The van der Waals surface area contributed by atoms with E-state index in [0.717, 1.165) is 25.7 Å². The highest BCUT2D eigenvalue weighted by Gasteiger charge is 2.54. The van der Waals surface area contributed by atoms with Gasteiger partial charge in [0.05, 0.1) is 13.2 Å². The molecule has 1 aliphatic heterocycles. The third-order valence-electron chi connectivity index (χ3n) is 4.64. The van der Waals surface area contributed by atoms with Gasteiger partial charge in [-0.3, -0.25) is 4.79 Å². The van der Waals surface area contributed by atoms with E-state index in [4.69, 9.17) is 9.47 Å². The molecule has 0 aromatic carbocycles. The van der Waals surface area contributed by atoms with Gasteiger partial charge in [-0.25, -0.2) is 0 Å². The van der Waals surface area contributed by atoms with Crippen molar-refractivity contribution in [3.05, 3.63) is 11.8 Å². The first-order valence-electron chi connectivity index (χ1n) is 8.28. The largest absolute Gasteiger partial charge is 0.505 e. The highest BCUT2D eigenvalue weighted by atomic mass is 16.7. The quantitative estimate of drug-likeness (QED) is 0.734. The molecule has 3 aliphatic rings. The number of aliphatic hydroxyl groups excluding tert-OH is 1. The van der Waals surface area contributed by atoms with Crippen LogP contribution in [0.25, 0.3) is 0 Å². The number of rotatable bonds is 0. The second-order valence-electron chi connectivity index (χ2n) is 5.58. The van der Waals surface area contributed by atoms with E-state index in [0.29, 0.717) is 13.2 Å². The molecule has 0 radical (unpaired) electrons. The Bertz CT molecular complexity index is 382. The molecule has 2 fully saturated rings. The Balaban J connectivity index is 0.000000510. The Kier molecular flexibility index (Phi) is 6.41. The lowest BCUT2D eigenvalue weighted by Gasteiger charge is -2.47. The van der Waals surface area contributed by atoms with Crippen molar-refractivity contribution >= 4 is 5.78 Å². The predicted octanol–water partition coefficient (Wildman–Crippen LogP) is 4.00. The van der Waals surface area contributed by atoms with E-state index in [1.54, 1.807) is 6.08 Å².